The highest BCUT2D eigenvalue weighted by atomic mass is 19.1. The van der Waals surface area contributed by atoms with E-state index in [1.54, 1.807) is 6.07 Å². The maximum absolute atomic E-state index is 13.9. The van der Waals surface area contributed by atoms with Crippen LogP contribution in [0.2, 0.25) is 0 Å². The van der Waals surface area contributed by atoms with Crippen LogP contribution in [0, 0.1) is 34.8 Å². The van der Waals surface area contributed by atoms with Gasteiger partial charge < -0.3 is 4.74 Å². The van der Waals surface area contributed by atoms with Crippen LogP contribution < -0.4 is 0 Å². The average Bonchev–Trinajstić information content (AvgIpc) is 2.61. The second-order valence-corrected chi connectivity index (χ2v) is 7.34. The Labute approximate surface area is 148 Å². The average molecular weight is 345 g/mol. The van der Waals surface area contributed by atoms with Gasteiger partial charge >= 0.3 is 0 Å². The molecule has 25 heavy (non-hydrogen) atoms. The van der Waals surface area contributed by atoms with Gasteiger partial charge in [0.2, 0.25) is 0 Å². The third kappa shape index (κ3) is 4.10. The first-order valence-electron chi connectivity index (χ1n) is 9.24. The van der Waals surface area contributed by atoms with Gasteiger partial charge in [-0.1, -0.05) is 12.2 Å². The highest BCUT2D eigenvalue weighted by molar-refractivity contribution is 5.36. The highest BCUT2D eigenvalue weighted by Gasteiger charge is 2.36. The van der Waals surface area contributed by atoms with E-state index in [2.05, 4.69) is 0 Å². The minimum Gasteiger partial charge on any atom is -0.374 e. The van der Waals surface area contributed by atoms with Crippen molar-refractivity contribution in [1.29, 1.82) is 5.26 Å². The molecule has 3 rings (SSSR count). The molecule has 0 bridgehead atoms. The Morgan fingerprint density at radius 3 is 2.48 bits per heavy atom. The minimum absolute atomic E-state index is 0.193. The zero-order chi connectivity index (χ0) is 17.8. The molecule has 2 fully saturated rings. The van der Waals surface area contributed by atoms with Gasteiger partial charge in [0.05, 0.1) is 12.7 Å². The summed E-state index contributed by atoms with van der Waals surface area (Å²) >= 11 is 0. The highest BCUT2D eigenvalue weighted by Crippen LogP contribution is 2.46. The number of rotatable bonds is 4. The molecule has 4 unspecified atom stereocenters. The smallest absolute Gasteiger partial charge is 0.144 e. The van der Waals surface area contributed by atoms with Crippen LogP contribution in [0.1, 0.15) is 62.5 Å². The molecule has 0 spiro atoms. The number of nitriles is 1. The van der Waals surface area contributed by atoms with Gasteiger partial charge in [0.1, 0.15) is 23.3 Å². The molecule has 2 aliphatic rings. The number of hydrogen-bond acceptors (Lipinski definition) is 2. The van der Waals surface area contributed by atoms with Gasteiger partial charge in [-0.2, -0.15) is 5.26 Å². The standard InChI is InChI=1S/C21H25F2NO/c1-2-3-8-25-18-7-6-14-9-15(4-5-16(14)10-18)17-11-20(22)19(13-24)21(23)12-17/h2-3,11-12,14-16,18H,4-10H2,1H3/b3-2+. The lowest BCUT2D eigenvalue weighted by Crippen LogP contribution is -2.33. The lowest BCUT2D eigenvalue weighted by atomic mass is 9.65. The second-order valence-electron chi connectivity index (χ2n) is 7.34. The molecule has 1 aromatic carbocycles. The van der Waals surface area contributed by atoms with Crippen molar-refractivity contribution in [3.8, 4) is 6.07 Å². The van der Waals surface area contributed by atoms with Crippen molar-refractivity contribution in [2.75, 3.05) is 6.61 Å². The van der Waals surface area contributed by atoms with Crippen molar-refractivity contribution in [1.82, 2.24) is 0 Å². The van der Waals surface area contributed by atoms with E-state index in [0.29, 0.717) is 30.1 Å². The first-order chi connectivity index (χ1) is 12.1. The molecule has 0 aliphatic heterocycles. The molecule has 0 aromatic heterocycles. The van der Waals surface area contributed by atoms with Gasteiger partial charge in [-0.3, -0.25) is 0 Å². The van der Waals surface area contributed by atoms with Crippen molar-refractivity contribution < 1.29 is 13.5 Å². The summed E-state index contributed by atoms with van der Waals surface area (Å²) in [6.45, 7) is 2.68. The fraction of sp³-hybridized carbons (Fsp3) is 0.571. The lowest BCUT2D eigenvalue weighted by molar-refractivity contribution is -0.00321. The Bertz CT molecular complexity index is 656. The molecular formula is C21H25F2NO. The number of fused-ring (bicyclic) bond motifs is 1. The fourth-order valence-corrected chi connectivity index (χ4v) is 4.52. The molecule has 0 amide bonds. The van der Waals surface area contributed by atoms with E-state index in [4.69, 9.17) is 10.00 Å². The van der Waals surface area contributed by atoms with Crippen molar-refractivity contribution in [3.05, 3.63) is 47.0 Å². The monoisotopic (exact) mass is 345 g/mol. The first-order valence-corrected chi connectivity index (χ1v) is 9.24. The van der Waals surface area contributed by atoms with Crippen LogP contribution in [-0.4, -0.2) is 12.7 Å². The Hall–Kier alpha value is -1.73. The fourth-order valence-electron chi connectivity index (χ4n) is 4.52. The van der Waals surface area contributed by atoms with Gasteiger partial charge in [-0.25, -0.2) is 8.78 Å². The van der Waals surface area contributed by atoms with E-state index in [9.17, 15) is 8.78 Å². The summed E-state index contributed by atoms with van der Waals surface area (Å²) in [6, 6.07) is 4.32. The van der Waals surface area contributed by atoms with Gasteiger partial charge in [-0.15, -0.1) is 0 Å². The normalized spacial score (nSPS) is 29.4. The number of hydrogen-bond donors (Lipinski definition) is 0. The van der Waals surface area contributed by atoms with E-state index >= 15 is 0 Å². The SMILES string of the molecule is C/C=C/COC1CCC2CC(c3cc(F)c(C#N)c(F)c3)CCC2C1. The van der Waals surface area contributed by atoms with Gasteiger partial charge in [0.25, 0.3) is 0 Å². The first kappa shape index (κ1) is 18.1. The van der Waals surface area contributed by atoms with Crippen LogP contribution in [0.4, 0.5) is 8.78 Å². The number of nitrogens with zero attached hydrogens (tertiary/aromatic N) is 1. The third-order valence-corrected chi connectivity index (χ3v) is 5.88. The maximum atomic E-state index is 13.9. The van der Waals surface area contributed by atoms with Gasteiger partial charge in [0, 0.05) is 0 Å². The molecule has 1 aromatic rings. The van der Waals surface area contributed by atoms with Crippen LogP contribution in [0.25, 0.3) is 0 Å². The summed E-state index contributed by atoms with van der Waals surface area (Å²) in [5.41, 5.74) is 0.232. The van der Waals surface area contributed by atoms with Crippen molar-refractivity contribution >= 4 is 0 Å². The number of benzene rings is 1. The number of allylic oxidation sites excluding steroid dienone is 1. The molecule has 2 aliphatic carbocycles. The largest absolute Gasteiger partial charge is 0.374 e. The van der Waals surface area contributed by atoms with E-state index < -0.39 is 17.2 Å². The van der Waals surface area contributed by atoms with Crippen LogP contribution in [-0.2, 0) is 4.74 Å². The van der Waals surface area contributed by atoms with Crippen LogP contribution in [0.5, 0.6) is 0 Å². The molecule has 0 saturated heterocycles. The Morgan fingerprint density at radius 2 is 1.80 bits per heavy atom. The summed E-state index contributed by atoms with van der Waals surface area (Å²) in [4.78, 5) is 0. The quantitative estimate of drug-likeness (QED) is 0.677. The minimum atomic E-state index is -0.735. The van der Waals surface area contributed by atoms with Crippen LogP contribution >= 0.6 is 0 Å². The van der Waals surface area contributed by atoms with E-state index in [0.717, 1.165) is 38.5 Å². The third-order valence-electron chi connectivity index (χ3n) is 5.88. The van der Waals surface area contributed by atoms with Crippen molar-refractivity contribution in [3.63, 3.8) is 0 Å². The summed E-state index contributed by atoms with van der Waals surface area (Å²) in [6.07, 6.45) is 10.7. The van der Waals surface area contributed by atoms with Crippen LogP contribution in [0.3, 0.4) is 0 Å². The second kappa shape index (κ2) is 8.10. The Balaban J connectivity index is 1.62. The predicted octanol–water partition coefficient (Wildman–Crippen LogP) is 5.48. The molecule has 0 N–H and O–H groups in total. The van der Waals surface area contributed by atoms with Gasteiger partial charge in [0.15, 0.2) is 0 Å². The van der Waals surface area contributed by atoms with E-state index in [1.807, 2.05) is 19.1 Å². The summed E-state index contributed by atoms with van der Waals surface area (Å²) in [7, 11) is 0. The maximum Gasteiger partial charge on any atom is 0.144 e. The predicted molar refractivity (Wildman–Crippen MR) is 93.1 cm³/mol. The summed E-state index contributed by atoms with van der Waals surface area (Å²) in [5.74, 6) is -0.00401. The number of ether oxygens (including phenoxy) is 1. The molecule has 134 valence electrons. The Morgan fingerprint density at radius 1 is 1.12 bits per heavy atom. The zero-order valence-corrected chi connectivity index (χ0v) is 14.7. The number of halogens is 2. The van der Waals surface area contributed by atoms with Gasteiger partial charge in [-0.05, 0) is 80.9 Å². The van der Waals surface area contributed by atoms with Crippen LogP contribution in [0.15, 0.2) is 24.3 Å². The molecule has 4 atom stereocenters. The Kier molecular flexibility index (Phi) is 5.86. The van der Waals surface area contributed by atoms with E-state index in [-0.39, 0.29) is 5.92 Å². The van der Waals surface area contributed by atoms with Crippen molar-refractivity contribution in [2.45, 2.75) is 57.5 Å². The molecule has 2 nitrogen and oxygen atoms in total. The topological polar surface area (TPSA) is 33.0 Å². The molecular weight excluding hydrogens is 320 g/mol. The summed E-state index contributed by atoms with van der Waals surface area (Å²) < 4.78 is 33.8. The molecule has 2 saturated carbocycles. The van der Waals surface area contributed by atoms with E-state index in [1.165, 1.54) is 12.1 Å². The molecule has 4 heteroatoms. The zero-order valence-electron chi connectivity index (χ0n) is 14.7. The van der Waals surface area contributed by atoms with Crippen molar-refractivity contribution in [2.24, 2.45) is 11.8 Å². The lowest BCUT2D eigenvalue weighted by Gasteiger charge is -2.42. The summed E-state index contributed by atoms with van der Waals surface area (Å²) in [5, 5.41) is 8.81. The molecule has 0 radical (unpaired) electrons. The molecule has 0 heterocycles.